The maximum Gasteiger partial charge on any atom is 0.271 e. The first kappa shape index (κ1) is 20.3. The van der Waals surface area contributed by atoms with Crippen molar-refractivity contribution in [3.05, 3.63) is 54.4 Å². The van der Waals surface area contributed by atoms with Gasteiger partial charge in [0.05, 0.1) is 17.1 Å². The van der Waals surface area contributed by atoms with E-state index in [-0.39, 0.29) is 23.4 Å². The highest BCUT2D eigenvalue weighted by atomic mass is 32.2. The summed E-state index contributed by atoms with van der Waals surface area (Å²) in [5.41, 5.74) is 4.72. The molecule has 0 aliphatic heterocycles. The summed E-state index contributed by atoms with van der Waals surface area (Å²) in [6.07, 6.45) is 2.72. The Morgan fingerprint density at radius 2 is 1.85 bits per heavy atom. The number of pyridine rings is 1. The molecule has 3 N–H and O–H groups in total. The zero-order valence-corrected chi connectivity index (χ0v) is 15.5. The molecule has 1 heterocycles. The largest absolute Gasteiger partial charge is 0.494 e. The summed E-state index contributed by atoms with van der Waals surface area (Å²) in [7, 11) is -3.74. The lowest BCUT2D eigenvalue weighted by atomic mass is 10.3. The molecule has 10 heteroatoms. The zero-order valence-electron chi connectivity index (χ0n) is 14.6. The Morgan fingerprint density at radius 1 is 1.11 bits per heavy atom. The first-order chi connectivity index (χ1) is 12.9. The molecule has 1 aromatic heterocycles. The van der Waals surface area contributed by atoms with E-state index in [0.29, 0.717) is 12.4 Å². The predicted molar refractivity (Wildman–Crippen MR) is 97.3 cm³/mol. The number of aromatic nitrogens is 1. The van der Waals surface area contributed by atoms with Crippen LogP contribution in [0.1, 0.15) is 23.7 Å². The summed E-state index contributed by atoms with van der Waals surface area (Å²) in [5, 5.41) is 0. The van der Waals surface area contributed by atoms with E-state index in [2.05, 4.69) is 20.6 Å². The summed E-state index contributed by atoms with van der Waals surface area (Å²) in [4.78, 5) is 27.3. The van der Waals surface area contributed by atoms with Crippen molar-refractivity contribution in [3.8, 4) is 5.75 Å². The molecule has 0 saturated carbocycles. The fraction of sp³-hybridized carbons (Fsp3) is 0.235. The summed E-state index contributed by atoms with van der Waals surface area (Å²) in [6.45, 7) is 2.19. The van der Waals surface area contributed by atoms with Gasteiger partial charge in [0.15, 0.2) is 0 Å². The van der Waals surface area contributed by atoms with Crippen molar-refractivity contribution >= 4 is 21.8 Å². The van der Waals surface area contributed by atoms with Gasteiger partial charge in [0.2, 0.25) is 15.9 Å². The normalized spacial score (nSPS) is 10.9. The molecule has 0 aliphatic carbocycles. The SMILES string of the molecule is CCOc1ccc(S(=O)(=O)NCCC(=O)NNC(=O)c2cccnc2)cc1. The van der Waals surface area contributed by atoms with Gasteiger partial charge in [-0.15, -0.1) is 0 Å². The minimum Gasteiger partial charge on any atom is -0.494 e. The van der Waals surface area contributed by atoms with Crippen molar-refractivity contribution < 1.29 is 22.7 Å². The van der Waals surface area contributed by atoms with Gasteiger partial charge in [-0.2, -0.15) is 0 Å². The maximum atomic E-state index is 12.2. The number of ether oxygens (including phenoxy) is 1. The Kier molecular flexibility index (Phi) is 7.26. The van der Waals surface area contributed by atoms with E-state index in [0.717, 1.165) is 0 Å². The first-order valence-electron chi connectivity index (χ1n) is 8.14. The van der Waals surface area contributed by atoms with Crippen molar-refractivity contribution in [2.45, 2.75) is 18.2 Å². The van der Waals surface area contributed by atoms with E-state index >= 15 is 0 Å². The quantitative estimate of drug-likeness (QED) is 0.565. The Balaban J connectivity index is 1.77. The summed E-state index contributed by atoms with van der Waals surface area (Å²) >= 11 is 0. The minimum atomic E-state index is -3.74. The predicted octanol–water partition coefficient (Wildman–Crippen LogP) is 0.610. The van der Waals surface area contributed by atoms with Gasteiger partial charge in [-0.3, -0.25) is 25.4 Å². The van der Waals surface area contributed by atoms with Crippen LogP contribution in [0.25, 0.3) is 0 Å². The number of benzene rings is 1. The summed E-state index contributed by atoms with van der Waals surface area (Å²) < 4.78 is 31.9. The molecule has 2 amide bonds. The standard InChI is InChI=1S/C17H20N4O5S/c1-2-26-14-5-7-15(8-6-14)27(24,25)19-11-9-16(22)20-21-17(23)13-4-3-10-18-12-13/h3-8,10,12,19H,2,9,11H2,1H3,(H,20,22)(H,21,23). The van der Waals surface area contributed by atoms with Gasteiger partial charge < -0.3 is 4.74 Å². The van der Waals surface area contributed by atoms with Crippen molar-refractivity contribution in [1.29, 1.82) is 0 Å². The van der Waals surface area contributed by atoms with Crippen LogP contribution in [0.4, 0.5) is 0 Å². The lowest BCUT2D eigenvalue weighted by molar-refractivity contribution is -0.121. The van der Waals surface area contributed by atoms with Crippen LogP contribution < -0.4 is 20.3 Å². The third kappa shape index (κ3) is 6.35. The molecule has 0 saturated heterocycles. The lowest BCUT2D eigenvalue weighted by Gasteiger charge is -2.09. The average molecular weight is 392 g/mol. The van der Waals surface area contributed by atoms with Crippen LogP contribution in [0, 0.1) is 0 Å². The first-order valence-corrected chi connectivity index (χ1v) is 9.62. The number of hydrogen-bond donors (Lipinski definition) is 3. The molecule has 0 unspecified atom stereocenters. The van der Waals surface area contributed by atoms with Crippen LogP contribution >= 0.6 is 0 Å². The van der Waals surface area contributed by atoms with Crippen LogP contribution in [0.2, 0.25) is 0 Å². The molecule has 0 spiro atoms. The highest BCUT2D eigenvalue weighted by Gasteiger charge is 2.14. The maximum absolute atomic E-state index is 12.2. The number of carbonyl (C=O) groups is 2. The van der Waals surface area contributed by atoms with Gasteiger partial charge in [-0.1, -0.05) is 0 Å². The minimum absolute atomic E-state index is 0.0660. The molecule has 9 nitrogen and oxygen atoms in total. The topological polar surface area (TPSA) is 126 Å². The summed E-state index contributed by atoms with van der Waals surface area (Å²) in [5.74, 6) is -0.492. The lowest BCUT2D eigenvalue weighted by Crippen LogP contribution is -2.42. The zero-order chi connectivity index (χ0) is 19.7. The number of sulfonamides is 1. The van der Waals surface area contributed by atoms with E-state index in [1.54, 1.807) is 24.3 Å². The van der Waals surface area contributed by atoms with Gasteiger partial charge >= 0.3 is 0 Å². The summed E-state index contributed by atoms with van der Waals surface area (Å²) in [6, 6.07) is 9.08. The Bertz CT molecular complexity index is 870. The van der Waals surface area contributed by atoms with Crippen LogP contribution in [0.5, 0.6) is 5.75 Å². The van der Waals surface area contributed by atoms with Gasteiger partial charge in [-0.05, 0) is 43.3 Å². The molecule has 144 valence electrons. The smallest absolute Gasteiger partial charge is 0.271 e. The van der Waals surface area contributed by atoms with Crippen LogP contribution in [0.15, 0.2) is 53.7 Å². The number of carbonyl (C=O) groups excluding carboxylic acids is 2. The fourth-order valence-corrected chi connectivity index (χ4v) is 3.05. The number of hydrogen-bond acceptors (Lipinski definition) is 6. The molecule has 2 rings (SSSR count). The Labute approximate surface area is 157 Å². The Hall–Kier alpha value is -2.98. The van der Waals surface area contributed by atoms with Gasteiger partial charge in [-0.25, -0.2) is 13.1 Å². The van der Waals surface area contributed by atoms with Crippen LogP contribution in [-0.2, 0) is 14.8 Å². The molecular weight excluding hydrogens is 372 g/mol. The highest BCUT2D eigenvalue weighted by Crippen LogP contribution is 2.15. The van der Waals surface area contributed by atoms with Crippen LogP contribution in [-0.4, -0.2) is 38.4 Å². The molecule has 1 aromatic carbocycles. The van der Waals surface area contributed by atoms with Gasteiger partial charge in [0, 0.05) is 25.4 Å². The van der Waals surface area contributed by atoms with E-state index in [1.807, 2.05) is 6.92 Å². The van der Waals surface area contributed by atoms with Crippen molar-refractivity contribution in [3.63, 3.8) is 0 Å². The number of amides is 2. The van der Waals surface area contributed by atoms with Gasteiger partial charge in [0.25, 0.3) is 5.91 Å². The molecule has 2 aromatic rings. The third-order valence-corrected chi connectivity index (χ3v) is 4.81. The van der Waals surface area contributed by atoms with E-state index in [9.17, 15) is 18.0 Å². The second-order valence-corrected chi connectivity index (χ2v) is 7.06. The van der Waals surface area contributed by atoms with Gasteiger partial charge in [0.1, 0.15) is 5.75 Å². The Morgan fingerprint density at radius 3 is 2.48 bits per heavy atom. The van der Waals surface area contributed by atoms with Crippen molar-refractivity contribution in [1.82, 2.24) is 20.6 Å². The molecule has 0 bridgehead atoms. The monoisotopic (exact) mass is 392 g/mol. The fourth-order valence-electron chi connectivity index (χ4n) is 2.02. The van der Waals surface area contributed by atoms with Crippen LogP contribution in [0.3, 0.4) is 0 Å². The number of nitrogens with zero attached hydrogens (tertiary/aromatic N) is 1. The van der Waals surface area contributed by atoms with E-state index in [1.165, 1.54) is 24.5 Å². The third-order valence-electron chi connectivity index (χ3n) is 3.33. The molecule has 0 atom stereocenters. The molecular formula is C17H20N4O5S. The number of nitrogens with one attached hydrogen (secondary N) is 3. The molecule has 27 heavy (non-hydrogen) atoms. The van der Waals surface area contributed by atoms with E-state index in [4.69, 9.17) is 4.74 Å². The number of rotatable bonds is 8. The van der Waals surface area contributed by atoms with Crippen molar-refractivity contribution in [2.75, 3.05) is 13.2 Å². The molecule has 0 aliphatic rings. The number of hydrazine groups is 1. The highest BCUT2D eigenvalue weighted by molar-refractivity contribution is 7.89. The second kappa shape index (κ2) is 9.64. The molecule has 0 radical (unpaired) electrons. The molecule has 0 fully saturated rings. The second-order valence-electron chi connectivity index (χ2n) is 5.30. The van der Waals surface area contributed by atoms with E-state index < -0.39 is 21.8 Å². The van der Waals surface area contributed by atoms with Crippen molar-refractivity contribution in [2.24, 2.45) is 0 Å². The average Bonchev–Trinajstić information content (AvgIpc) is 2.67.